The maximum atomic E-state index is 6.11. The fourth-order valence-electron chi connectivity index (χ4n) is 2.22. The molecule has 0 atom stereocenters. The van der Waals surface area contributed by atoms with E-state index in [0.29, 0.717) is 6.54 Å². The normalized spacial score (nSPS) is 10.8. The zero-order chi connectivity index (χ0) is 14.8. The standard InChI is InChI=1S/C16H15ClN4/c1-11-8-13(4-5-15(11)17)16-14(9-18-12(2)20-16)10-21-7-3-6-19-21/h3-9H,10H2,1-2H3. The van der Waals surface area contributed by atoms with Crippen molar-refractivity contribution >= 4 is 11.6 Å². The Morgan fingerprint density at radius 2 is 2.10 bits per heavy atom. The molecule has 2 aromatic heterocycles. The third-order valence-corrected chi connectivity index (χ3v) is 3.73. The SMILES string of the molecule is Cc1ncc(Cn2cccn2)c(-c2ccc(Cl)c(C)c2)n1. The number of hydrogen-bond donors (Lipinski definition) is 0. The molecule has 0 spiro atoms. The summed E-state index contributed by atoms with van der Waals surface area (Å²) in [6, 6.07) is 7.85. The van der Waals surface area contributed by atoms with Gasteiger partial charge < -0.3 is 0 Å². The van der Waals surface area contributed by atoms with Crippen LogP contribution in [0.5, 0.6) is 0 Å². The molecule has 2 heterocycles. The van der Waals surface area contributed by atoms with Gasteiger partial charge in [-0.1, -0.05) is 17.7 Å². The van der Waals surface area contributed by atoms with Crippen LogP contribution in [-0.2, 0) is 6.54 Å². The van der Waals surface area contributed by atoms with Crippen LogP contribution in [-0.4, -0.2) is 19.7 Å². The molecule has 21 heavy (non-hydrogen) atoms. The van der Waals surface area contributed by atoms with Gasteiger partial charge in [0, 0.05) is 34.7 Å². The van der Waals surface area contributed by atoms with E-state index in [4.69, 9.17) is 11.6 Å². The smallest absolute Gasteiger partial charge is 0.125 e. The molecule has 0 radical (unpaired) electrons. The summed E-state index contributed by atoms with van der Waals surface area (Å²) in [6.45, 7) is 4.53. The first-order valence-electron chi connectivity index (χ1n) is 6.70. The molecular weight excluding hydrogens is 284 g/mol. The van der Waals surface area contributed by atoms with Crippen molar-refractivity contribution in [2.24, 2.45) is 0 Å². The van der Waals surface area contributed by atoms with Crippen LogP contribution in [0.4, 0.5) is 0 Å². The number of benzene rings is 1. The molecule has 0 saturated heterocycles. The summed E-state index contributed by atoms with van der Waals surface area (Å²) >= 11 is 6.11. The van der Waals surface area contributed by atoms with Crippen molar-refractivity contribution in [2.75, 3.05) is 0 Å². The lowest BCUT2D eigenvalue weighted by atomic mass is 10.0. The molecule has 0 aliphatic rings. The van der Waals surface area contributed by atoms with Gasteiger partial charge in [-0.3, -0.25) is 4.68 Å². The Kier molecular flexibility index (Phi) is 3.71. The maximum Gasteiger partial charge on any atom is 0.125 e. The molecule has 0 amide bonds. The molecule has 3 rings (SSSR count). The second kappa shape index (κ2) is 5.66. The van der Waals surface area contributed by atoms with Crippen molar-refractivity contribution in [3.8, 4) is 11.3 Å². The fraction of sp³-hybridized carbons (Fsp3) is 0.188. The maximum absolute atomic E-state index is 6.11. The summed E-state index contributed by atoms with van der Waals surface area (Å²) < 4.78 is 1.86. The van der Waals surface area contributed by atoms with E-state index < -0.39 is 0 Å². The zero-order valence-electron chi connectivity index (χ0n) is 11.9. The second-order valence-electron chi connectivity index (χ2n) is 4.96. The van der Waals surface area contributed by atoms with Crippen LogP contribution < -0.4 is 0 Å². The minimum atomic E-state index is 0.643. The lowest BCUT2D eigenvalue weighted by Gasteiger charge is -2.11. The molecule has 0 saturated carbocycles. The summed E-state index contributed by atoms with van der Waals surface area (Å²) in [5.74, 6) is 0.752. The molecule has 3 aromatic rings. The highest BCUT2D eigenvalue weighted by atomic mass is 35.5. The van der Waals surface area contributed by atoms with Crippen LogP contribution in [0.25, 0.3) is 11.3 Å². The largest absolute Gasteiger partial charge is 0.268 e. The Hall–Kier alpha value is -2.20. The Balaban J connectivity index is 2.07. The molecule has 0 aliphatic carbocycles. The fourth-order valence-corrected chi connectivity index (χ4v) is 2.34. The molecular formula is C16H15ClN4. The Morgan fingerprint density at radius 1 is 1.24 bits per heavy atom. The van der Waals surface area contributed by atoms with Crippen LogP contribution in [0.1, 0.15) is 17.0 Å². The molecule has 0 unspecified atom stereocenters. The van der Waals surface area contributed by atoms with Gasteiger partial charge in [0.15, 0.2) is 0 Å². The lowest BCUT2D eigenvalue weighted by molar-refractivity contribution is 0.682. The van der Waals surface area contributed by atoms with Crippen molar-refractivity contribution in [3.05, 3.63) is 64.8 Å². The van der Waals surface area contributed by atoms with Crippen molar-refractivity contribution in [3.63, 3.8) is 0 Å². The van der Waals surface area contributed by atoms with E-state index in [1.54, 1.807) is 6.20 Å². The first kappa shape index (κ1) is 13.8. The average Bonchev–Trinajstić information content (AvgIpc) is 2.97. The molecule has 0 aliphatic heterocycles. The van der Waals surface area contributed by atoms with Gasteiger partial charge in [0.05, 0.1) is 12.2 Å². The molecule has 0 bridgehead atoms. The molecule has 0 N–H and O–H groups in total. The Morgan fingerprint density at radius 3 is 2.81 bits per heavy atom. The van der Waals surface area contributed by atoms with E-state index in [-0.39, 0.29) is 0 Å². The van der Waals surface area contributed by atoms with Gasteiger partial charge in [0.2, 0.25) is 0 Å². The van der Waals surface area contributed by atoms with Crippen LogP contribution in [0.15, 0.2) is 42.9 Å². The van der Waals surface area contributed by atoms with Gasteiger partial charge >= 0.3 is 0 Å². The van der Waals surface area contributed by atoms with Crippen molar-refractivity contribution in [2.45, 2.75) is 20.4 Å². The van der Waals surface area contributed by atoms with E-state index in [9.17, 15) is 0 Å². The first-order valence-corrected chi connectivity index (χ1v) is 7.08. The van der Waals surface area contributed by atoms with Gasteiger partial charge in [-0.25, -0.2) is 9.97 Å². The summed E-state index contributed by atoms with van der Waals surface area (Å²) in [7, 11) is 0. The van der Waals surface area contributed by atoms with Gasteiger partial charge in [0.25, 0.3) is 0 Å². The highest BCUT2D eigenvalue weighted by Crippen LogP contribution is 2.26. The first-order chi connectivity index (χ1) is 10.1. The molecule has 4 nitrogen and oxygen atoms in total. The van der Waals surface area contributed by atoms with Gasteiger partial charge in [-0.2, -0.15) is 5.10 Å². The number of aryl methyl sites for hydroxylation is 2. The zero-order valence-corrected chi connectivity index (χ0v) is 12.7. The summed E-state index contributed by atoms with van der Waals surface area (Å²) in [5, 5.41) is 5.00. The Bertz CT molecular complexity index is 766. The van der Waals surface area contributed by atoms with E-state index >= 15 is 0 Å². The highest BCUT2D eigenvalue weighted by Gasteiger charge is 2.10. The highest BCUT2D eigenvalue weighted by molar-refractivity contribution is 6.31. The topological polar surface area (TPSA) is 43.6 Å². The summed E-state index contributed by atoms with van der Waals surface area (Å²) in [5.41, 5.74) is 4.05. The number of hydrogen-bond acceptors (Lipinski definition) is 3. The van der Waals surface area contributed by atoms with Crippen molar-refractivity contribution in [1.82, 2.24) is 19.7 Å². The lowest BCUT2D eigenvalue weighted by Crippen LogP contribution is -2.05. The van der Waals surface area contributed by atoms with Crippen LogP contribution in [0, 0.1) is 13.8 Å². The minimum absolute atomic E-state index is 0.643. The molecule has 0 fully saturated rings. The van der Waals surface area contributed by atoms with E-state index in [1.165, 1.54) is 0 Å². The van der Waals surface area contributed by atoms with Gasteiger partial charge in [-0.05, 0) is 37.6 Å². The molecule has 1 aromatic carbocycles. The minimum Gasteiger partial charge on any atom is -0.268 e. The quantitative estimate of drug-likeness (QED) is 0.741. The van der Waals surface area contributed by atoms with Crippen LogP contribution >= 0.6 is 11.6 Å². The summed E-state index contributed by atoms with van der Waals surface area (Å²) in [6.07, 6.45) is 5.56. The number of halogens is 1. The van der Waals surface area contributed by atoms with Crippen LogP contribution in [0.3, 0.4) is 0 Å². The average molecular weight is 299 g/mol. The number of rotatable bonds is 3. The van der Waals surface area contributed by atoms with E-state index in [0.717, 1.165) is 33.2 Å². The van der Waals surface area contributed by atoms with Crippen molar-refractivity contribution in [1.29, 1.82) is 0 Å². The number of nitrogens with zero attached hydrogens (tertiary/aromatic N) is 4. The summed E-state index contributed by atoms with van der Waals surface area (Å²) in [4.78, 5) is 8.91. The Labute approximate surface area is 128 Å². The molecule has 106 valence electrons. The van der Waals surface area contributed by atoms with Crippen LogP contribution in [0.2, 0.25) is 5.02 Å². The van der Waals surface area contributed by atoms with Gasteiger partial charge in [-0.15, -0.1) is 0 Å². The molecule has 5 heteroatoms. The monoisotopic (exact) mass is 298 g/mol. The number of aromatic nitrogens is 4. The third-order valence-electron chi connectivity index (χ3n) is 3.31. The second-order valence-corrected chi connectivity index (χ2v) is 5.37. The third kappa shape index (κ3) is 2.95. The van der Waals surface area contributed by atoms with E-state index in [2.05, 4.69) is 21.1 Å². The predicted molar refractivity (Wildman–Crippen MR) is 83.3 cm³/mol. The van der Waals surface area contributed by atoms with Crippen molar-refractivity contribution < 1.29 is 0 Å². The predicted octanol–water partition coefficient (Wildman–Crippen LogP) is 3.66. The van der Waals surface area contributed by atoms with E-state index in [1.807, 2.05) is 49.1 Å². The van der Waals surface area contributed by atoms with Gasteiger partial charge in [0.1, 0.15) is 5.82 Å².